The SMILES string of the molecule is CCN1C[C@H](OC)C[C@H]1CO. The zero-order valence-electron chi connectivity index (χ0n) is 7.29. The predicted molar refractivity (Wildman–Crippen MR) is 43.5 cm³/mol. The maximum Gasteiger partial charge on any atom is 0.0714 e. The first-order chi connectivity index (χ1) is 5.31. The van der Waals surface area contributed by atoms with Crippen molar-refractivity contribution in [2.45, 2.75) is 25.5 Å². The van der Waals surface area contributed by atoms with Crippen LogP contribution in [0.4, 0.5) is 0 Å². The van der Waals surface area contributed by atoms with Crippen molar-refractivity contribution < 1.29 is 9.84 Å². The van der Waals surface area contributed by atoms with Crippen LogP contribution < -0.4 is 0 Å². The van der Waals surface area contributed by atoms with Gasteiger partial charge in [0, 0.05) is 19.7 Å². The van der Waals surface area contributed by atoms with E-state index < -0.39 is 0 Å². The topological polar surface area (TPSA) is 32.7 Å². The molecule has 1 fully saturated rings. The van der Waals surface area contributed by atoms with Gasteiger partial charge in [-0.2, -0.15) is 0 Å². The molecule has 11 heavy (non-hydrogen) atoms. The smallest absolute Gasteiger partial charge is 0.0714 e. The molecule has 0 aromatic heterocycles. The van der Waals surface area contributed by atoms with Gasteiger partial charge in [0.15, 0.2) is 0 Å². The number of likely N-dealkylation sites (N-methyl/N-ethyl adjacent to an activating group) is 1. The maximum absolute atomic E-state index is 8.98. The van der Waals surface area contributed by atoms with Crippen molar-refractivity contribution >= 4 is 0 Å². The van der Waals surface area contributed by atoms with Crippen LogP contribution >= 0.6 is 0 Å². The summed E-state index contributed by atoms with van der Waals surface area (Å²) < 4.78 is 5.22. The van der Waals surface area contributed by atoms with Crippen LogP contribution in [0.15, 0.2) is 0 Å². The minimum atomic E-state index is 0.258. The van der Waals surface area contributed by atoms with Crippen LogP contribution in [0.5, 0.6) is 0 Å². The van der Waals surface area contributed by atoms with Crippen LogP contribution in [0.25, 0.3) is 0 Å². The summed E-state index contributed by atoms with van der Waals surface area (Å²) in [6.07, 6.45) is 1.30. The number of nitrogens with zero attached hydrogens (tertiary/aromatic N) is 1. The first-order valence-corrected chi connectivity index (χ1v) is 4.19. The van der Waals surface area contributed by atoms with Crippen LogP contribution in [-0.2, 0) is 4.74 Å². The summed E-state index contributed by atoms with van der Waals surface area (Å²) in [6.45, 7) is 4.34. The second-order valence-electron chi connectivity index (χ2n) is 3.02. The Morgan fingerprint density at radius 1 is 1.64 bits per heavy atom. The number of likely N-dealkylation sites (tertiary alicyclic amines) is 1. The molecule has 66 valence electrons. The molecule has 0 bridgehead atoms. The van der Waals surface area contributed by atoms with Gasteiger partial charge < -0.3 is 9.84 Å². The molecule has 3 heteroatoms. The molecule has 0 aromatic rings. The van der Waals surface area contributed by atoms with E-state index in [9.17, 15) is 0 Å². The molecule has 0 amide bonds. The van der Waals surface area contributed by atoms with Crippen LogP contribution in [0.1, 0.15) is 13.3 Å². The van der Waals surface area contributed by atoms with Crippen LogP contribution in [0.2, 0.25) is 0 Å². The van der Waals surface area contributed by atoms with Gasteiger partial charge >= 0.3 is 0 Å². The molecule has 0 radical (unpaired) electrons. The number of rotatable bonds is 3. The Morgan fingerprint density at radius 3 is 2.73 bits per heavy atom. The van der Waals surface area contributed by atoms with Crippen molar-refractivity contribution in [1.82, 2.24) is 4.90 Å². The quantitative estimate of drug-likeness (QED) is 0.633. The third-order valence-electron chi connectivity index (χ3n) is 2.44. The molecule has 1 N–H and O–H groups in total. The minimum Gasteiger partial charge on any atom is -0.395 e. The van der Waals surface area contributed by atoms with Crippen LogP contribution in [-0.4, -0.2) is 49.0 Å². The molecule has 2 atom stereocenters. The fraction of sp³-hybridized carbons (Fsp3) is 1.00. The van der Waals surface area contributed by atoms with Crippen molar-refractivity contribution in [1.29, 1.82) is 0 Å². The molecule has 1 aliphatic heterocycles. The Labute approximate surface area is 68.0 Å². The third kappa shape index (κ3) is 1.92. The molecule has 0 unspecified atom stereocenters. The van der Waals surface area contributed by atoms with E-state index in [1.165, 1.54) is 0 Å². The largest absolute Gasteiger partial charge is 0.395 e. The Kier molecular flexibility index (Phi) is 3.30. The van der Waals surface area contributed by atoms with Gasteiger partial charge in [-0.05, 0) is 13.0 Å². The summed E-state index contributed by atoms with van der Waals surface area (Å²) in [4.78, 5) is 2.26. The van der Waals surface area contributed by atoms with Gasteiger partial charge in [-0.1, -0.05) is 6.92 Å². The molecule has 0 aromatic carbocycles. The number of methoxy groups -OCH3 is 1. The Morgan fingerprint density at radius 2 is 2.36 bits per heavy atom. The summed E-state index contributed by atoms with van der Waals surface area (Å²) in [5.74, 6) is 0. The minimum absolute atomic E-state index is 0.258. The lowest BCUT2D eigenvalue weighted by molar-refractivity contribution is 0.109. The molecule has 0 spiro atoms. The first-order valence-electron chi connectivity index (χ1n) is 4.19. The van der Waals surface area contributed by atoms with E-state index in [1.54, 1.807) is 7.11 Å². The highest BCUT2D eigenvalue weighted by Gasteiger charge is 2.29. The van der Waals surface area contributed by atoms with Crippen molar-refractivity contribution in [3.63, 3.8) is 0 Å². The summed E-state index contributed by atoms with van der Waals surface area (Å²) in [5.41, 5.74) is 0. The van der Waals surface area contributed by atoms with Crippen molar-refractivity contribution in [3.8, 4) is 0 Å². The van der Waals surface area contributed by atoms with E-state index in [1.807, 2.05) is 0 Å². The zero-order chi connectivity index (χ0) is 8.27. The molecule has 1 aliphatic rings. The number of aliphatic hydroxyl groups is 1. The highest BCUT2D eigenvalue weighted by molar-refractivity contribution is 4.84. The predicted octanol–water partition coefficient (Wildman–Crippen LogP) is 0.0879. The second kappa shape index (κ2) is 4.04. The monoisotopic (exact) mass is 159 g/mol. The maximum atomic E-state index is 8.98. The van der Waals surface area contributed by atoms with Gasteiger partial charge in [0.2, 0.25) is 0 Å². The Balaban J connectivity index is 2.41. The van der Waals surface area contributed by atoms with Crippen molar-refractivity contribution in [2.75, 3.05) is 26.8 Å². The molecule has 0 saturated carbocycles. The summed E-state index contributed by atoms with van der Waals surface area (Å²) >= 11 is 0. The Bertz CT molecular complexity index is 107. The summed E-state index contributed by atoms with van der Waals surface area (Å²) in [7, 11) is 1.73. The molecule has 0 aliphatic carbocycles. The Hall–Kier alpha value is -0.120. The fourth-order valence-electron chi connectivity index (χ4n) is 1.69. The highest BCUT2D eigenvalue weighted by atomic mass is 16.5. The molecular weight excluding hydrogens is 142 g/mol. The lowest BCUT2D eigenvalue weighted by Gasteiger charge is -2.19. The van der Waals surface area contributed by atoms with Gasteiger partial charge in [-0.3, -0.25) is 4.90 Å². The average molecular weight is 159 g/mol. The number of ether oxygens (including phenoxy) is 1. The highest BCUT2D eigenvalue weighted by Crippen LogP contribution is 2.18. The fourth-order valence-corrected chi connectivity index (χ4v) is 1.69. The molecule has 1 saturated heterocycles. The van der Waals surface area contributed by atoms with E-state index in [0.29, 0.717) is 12.1 Å². The standard InChI is InChI=1S/C8H17NO2/c1-3-9-5-8(11-2)4-7(9)6-10/h7-8,10H,3-6H2,1-2H3/t7-,8+/m0/s1. The number of hydrogen-bond acceptors (Lipinski definition) is 3. The average Bonchev–Trinajstić information content (AvgIpc) is 2.46. The third-order valence-corrected chi connectivity index (χ3v) is 2.44. The lowest BCUT2D eigenvalue weighted by atomic mass is 10.2. The first kappa shape index (κ1) is 8.97. The van der Waals surface area contributed by atoms with Gasteiger partial charge in [0.05, 0.1) is 12.7 Å². The van der Waals surface area contributed by atoms with Crippen LogP contribution in [0.3, 0.4) is 0 Å². The summed E-state index contributed by atoms with van der Waals surface area (Å²) in [5, 5.41) is 8.98. The lowest BCUT2D eigenvalue weighted by Crippen LogP contribution is -2.32. The summed E-state index contributed by atoms with van der Waals surface area (Å²) in [6, 6.07) is 0.324. The van der Waals surface area contributed by atoms with Gasteiger partial charge in [0.25, 0.3) is 0 Å². The second-order valence-corrected chi connectivity index (χ2v) is 3.02. The zero-order valence-corrected chi connectivity index (χ0v) is 7.29. The van der Waals surface area contributed by atoms with E-state index in [2.05, 4.69) is 11.8 Å². The number of aliphatic hydroxyl groups excluding tert-OH is 1. The van der Waals surface area contributed by atoms with Gasteiger partial charge in [0.1, 0.15) is 0 Å². The van der Waals surface area contributed by atoms with E-state index >= 15 is 0 Å². The molecule has 1 rings (SSSR count). The van der Waals surface area contributed by atoms with Gasteiger partial charge in [-0.25, -0.2) is 0 Å². The molecule has 1 heterocycles. The number of hydrogen-bond donors (Lipinski definition) is 1. The van der Waals surface area contributed by atoms with Crippen LogP contribution in [0, 0.1) is 0 Å². The van der Waals surface area contributed by atoms with E-state index in [4.69, 9.17) is 9.84 Å². The van der Waals surface area contributed by atoms with Crippen molar-refractivity contribution in [3.05, 3.63) is 0 Å². The van der Waals surface area contributed by atoms with Gasteiger partial charge in [-0.15, -0.1) is 0 Å². The normalized spacial score (nSPS) is 33.0. The van der Waals surface area contributed by atoms with Crippen molar-refractivity contribution in [2.24, 2.45) is 0 Å². The molecule has 3 nitrogen and oxygen atoms in total. The van der Waals surface area contributed by atoms with E-state index in [0.717, 1.165) is 19.5 Å². The molecular formula is C8H17NO2. The van der Waals surface area contributed by atoms with E-state index in [-0.39, 0.29) is 6.61 Å².